The Kier molecular flexibility index (Phi) is 3.41. The van der Waals surface area contributed by atoms with Crippen LogP contribution in [0.25, 0.3) is 5.69 Å². The lowest BCUT2D eigenvalue weighted by Gasteiger charge is -2.27. The van der Waals surface area contributed by atoms with Crippen molar-refractivity contribution < 1.29 is 9.90 Å². The number of para-hydroxylation sites is 1. The van der Waals surface area contributed by atoms with E-state index in [1.807, 2.05) is 44.2 Å². The number of carbonyl (C=O) groups excluding carboxylic acids is 1. The molecule has 1 unspecified atom stereocenters. The largest absolute Gasteiger partial charge is 0.390 e. The van der Waals surface area contributed by atoms with E-state index in [2.05, 4.69) is 18.4 Å². The van der Waals surface area contributed by atoms with Crippen molar-refractivity contribution >= 4 is 5.91 Å². The van der Waals surface area contributed by atoms with Crippen LogP contribution in [-0.2, 0) is 22.2 Å². The van der Waals surface area contributed by atoms with Gasteiger partial charge in [-0.15, -0.1) is 0 Å². The maximum absolute atomic E-state index is 12.2. The molecule has 1 aromatic carbocycles. The number of rotatable bonds is 3. The summed E-state index contributed by atoms with van der Waals surface area (Å²) in [6, 6.07) is 9.93. The Bertz CT molecular complexity index is 774. The first-order valence-electron chi connectivity index (χ1n) is 7.95. The minimum Gasteiger partial charge on any atom is -0.390 e. The van der Waals surface area contributed by atoms with Gasteiger partial charge in [-0.1, -0.05) is 32.0 Å². The Hall–Kier alpha value is -2.07. The van der Waals surface area contributed by atoms with Crippen LogP contribution in [0.3, 0.4) is 0 Å². The van der Waals surface area contributed by atoms with Gasteiger partial charge in [-0.3, -0.25) is 4.79 Å². The Morgan fingerprint density at radius 3 is 2.35 bits per heavy atom. The molecule has 4 nitrogen and oxygen atoms in total. The molecule has 1 aliphatic rings. The number of benzene rings is 1. The second-order valence-corrected chi connectivity index (χ2v) is 7.37. The first-order chi connectivity index (χ1) is 10.7. The predicted octanol–water partition coefficient (Wildman–Crippen LogP) is 2.70. The zero-order valence-corrected chi connectivity index (χ0v) is 14.2. The van der Waals surface area contributed by atoms with Crippen molar-refractivity contribution in [3.05, 3.63) is 52.8 Å². The monoisotopic (exact) mass is 312 g/mol. The summed E-state index contributed by atoms with van der Waals surface area (Å²) >= 11 is 0. The molecule has 4 heteroatoms. The Balaban J connectivity index is 2.39. The van der Waals surface area contributed by atoms with Crippen LogP contribution in [0.2, 0.25) is 0 Å². The summed E-state index contributed by atoms with van der Waals surface area (Å²) in [6.45, 7) is 8.10. The maximum atomic E-state index is 12.2. The third-order valence-corrected chi connectivity index (χ3v) is 5.24. The van der Waals surface area contributed by atoms with Crippen molar-refractivity contribution in [2.24, 2.45) is 5.73 Å². The SMILES string of the molecule is Cc1c2c(c(CO)n1-c1ccccc1)C(C)(C)CC2(C)C(N)=O. The number of aliphatic hydroxyl groups excluding tert-OH is 1. The molecule has 1 aromatic heterocycles. The van der Waals surface area contributed by atoms with Crippen LogP contribution in [0.5, 0.6) is 0 Å². The summed E-state index contributed by atoms with van der Waals surface area (Å²) in [5.74, 6) is -0.304. The molecule has 0 bridgehead atoms. The highest BCUT2D eigenvalue weighted by molar-refractivity contribution is 5.89. The molecule has 2 aromatic rings. The molecule has 0 saturated carbocycles. The number of hydrogen-bond acceptors (Lipinski definition) is 2. The van der Waals surface area contributed by atoms with Crippen LogP contribution < -0.4 is 5.73 Å². The highest BCUT2D eigenvalue weighted by Crippen LogP contribution is 2.53. The molecule has 1 heterocycles. The number of fused-ring (bicyclic) bond motifs is 1. The fraction of sp³-hybridized carbons (Fsp3) is 0.421. The third kappa shape index (κ3) is 2.05. The van der Waals surface area contributed by atoms with E-state index in [-0.39, 0.29) is 17.9 Å². The minimum atomic E-state index is -0.702. The average molecular weight is 312 g/mol. The van der Waals surface area contributed by atoms with E-state index in [1.165, 1.54) is 0 Å². The van der Waals surface area contributed by atoms with Gasteiger partial charge < -0.3 is 15.4 Å². The van der Waals surface area contributed by atoms with Crippen molar-refractivity contribution in [3.63, 3.8) is 0 Å². The second-order valence-electron chi connectivity index (χ2n) is 7.37. The highest BCUT2D eigenvalue weighted by atomic mass is 16.3. The van der Waals surface area contributed by atoms with Gasteiger partial charge >= 0.3 is 0 Å². The van der Waals surface area contributed by atoms with E-state index in [4.69, 9.17) is 5.73 Å². The average Bonchev–Trinajstić information content (AvgIpc) is 2.92. The van der Waals surface area contributed by atoms with E-state index < -0.39 is 5.41 Å². The van der Waals surface area contributed by atoms with E-state index >= 15 is 0 Å². The Morgan fingerprint density at radius 2 is 1.83 bits per heavy atom. The number of primary amides is 1. The van der Waals surface area contributed by atoms with Gasteiger partial charge in [-0.25, -0.2) is 0 Å². The lowest BCUT2D eigenvalue weighted by molar-refractivity contribution is -0.123. The van der Waals surface area contributed by atoms with Crippen molar-refractivity contribution in [1.82, 2.24) is 4.57 Å². The molecule has 0 aliphatic heterocycles. The fourth-order valence-electron chi connectivity index (χ4n) is 4.50. The summed E-state index contributed by atoms with van der Waals surface area (Å²) in [5, 5.41) is 10.1. The number of nitrogens with two attached hydrogens (primary N) is 1. The standard InChI is InChI=1S/C19H24N2O2/c1-12-15-16(18(2,3)11-19(15,4)17(20)23)14(10-22)21(12)13-8-6-5-7-9-13/h5-9,22H,10-11H2,1-4H3,(H2,20,23). The van der Waals surface area contributed by atoms with Gasteiger partial charge in [0.1, 0.15) is 0 Å². The molecule has 23 heavy (non-hydrogen) atoms. The van der Waals surface area contributed by atoms with E-state index in [0.29, 0.717) is 6.42 Å². The Labute approximate surface area is 136 Å². The summed E-state index contributed by atoms with van der Waals surface area (Å²) in [6.07, 6.45) is 0.670. The lowest BCUT2D eigenvalue weighted by atomic mass is 9.79. The van der Waals surface area contributed by atoms with E-state index in [9.17, 15) is 9.90 Å². The Morgan fingerprint density at radius 1 is 1.22 bits per heavy atom. The van der Waals surface area contributed by atoms with Gasteiger partial charge in [0.25, 0.3) is 0 Å². The second kappa shape index (κ2) is 4.96. The molecular weight excluding hydrogens is 288 g/mol. The molecule has 0 saturated heterocycles. The van der Waals surface area contributed by atoms with Crippen LogP contribution in [-0.4, -0.2) is 15.6 Å². The van der Waals surface area contributed by atoms with Gasteiger partial charge in [0.2, 0.25) is 5.91 Å². The zero-order chi connectivity index (χ0) is 17.0. The smallest absolute Gasteiger partial charge is 0.227 e. The number of aromatic nitrogens is 1. The summed E-state index contributed by atoms with van der Waals surface area (Å²) in [5.41, 5.74) is 9.76. The molecule has 1 atom stereocenters. The van der Waals surface area contributed by atoms with Crippen molar-refractivity contribution in [2.45, 2.75) is 51.6 Å². The number of carbonyl (C=O) groups is 1. The van der Waals surface area contributed by atoms with Crippen LogP contribution >= 0.6 is 0 Å². The normalized spacial score (nSPS) is 22.1. The van der Waals surface area contributed by atoms with E-state index in [0.717, 1.165) is 28.2 Å². The van der Waals surface area contributed by atoms with Gasteiger partial charge in [-0.05, 0) is 48.9 Å². The molecule has 3 N–H and O–H groups in total. The molecule has 3 rings (SSSR count). The highest BCUT2D eigenvalue weighted by Gasteiger charge is 2.52. The van der Waals surface area contributed by atoms with Crippen LogP contribution in [0, 0.1) is 6.92 Å². The molecule has 0 fully saturated rings. The topological polar surface area (TPSA) is 68.2 Å². The van der Waals surface area contributed by atoms with Gasteiger partial charge in [0.15, 0.2) is 0 Å². The molecule has 1 aliphatic carbocycles. The molecule has 0 spiro atoms. The molecule has 122 valence electrons. The first kappa shape index (κ1) is 15.8. The number of aliphatic hydroxyl groups is 1. The molecule has 1 amide bonds. The van der Waals surface area contributed by atoms with Gasteiger partial charge in [0.05, 0.1) is 17.7 Å². The summed E-state index contributed by atoms with van der Waals surface area (Å²) < 4.78 is 2.06. The lowest BCUT2D eigenvalue weighted by Crippen LogP contribution is -2.38. The van der Waals surface area contributed by atoms with Crippen LogP contribution in [0.4, 0.5) is 0 Å². The summed E-state index contributed by atoms with van der Waals surface area (Å²) in [7, 11) is 0. The fourth-order valence-corrected chi connectivity index (χ4v) is 4.50. The van der Waals surface area contributed by atoms with Crippen molar-refractivity contribution in [1.29, 1.82) is 0 Å². The zero-order valence-electron chi connectivity index (χ0n) is 14.2. The van der Waals surface area contributed by atoms with Gasteiger partial charge in [-0.2, -0.15) is 0 Å². The minimum absolute atomic E-state index is 0.0661. The third-order valence-electron chi connectivity index (χ3n) is 5.24. The van der Waals surface area contributed by atoms with E-state index in [1.54, 1.807) is 0 Å². The quantitative estimate of drug-likeness (QED) is 0.915. The van der Waals surface area contributed by atoms with Gasteiger partial charge in [0, 0.05) is 11.4 Å². The van der Waals surface area contributed by atoms with Crippen molar-refractivity contribution in [2.75, 3.05) is 0 Å². The summed E-state index contributed by atoms with van der Waals surface area (Å²) in [4.78, 5) is 12.2. The van der Waals surface area contributed by atoms with Crippen LogP contribution in [0.1, 0.15) is 49.7 Å². The molecule has 0 radical (unpaired) electrons. The predicted molar refractivity (Wildman–Crippen MR) is 90.6 cm³/mol. The molecular formula is C19H24N2O2. The van der Waals surface area contributed by atoms with Crippen molar-refractivity contribution in [3.8, 4) is 5.69 Å². The first-order valence-corrected chi connectivity index (χ1v) is 7.95. The number of amides is 1. The van der Waals surface area contributed by atoms with Crippen LogP contribution in [0.15, 0.2) is 30.3 Å². The number of hydrogen-bond donors (Lipinski definition) is 2. The maximum Gasteiger partial charge on any atom is 0.227 e. The number of nitrogens with zero attached hydrogens (tertiary/aromatic N) is 1.